The van der Waals surface area contributed by atoms with Crippen LogP contribution in [0.25, 0.3) is 0 Å². The van der Waals surface area contributed by atoms with Crippen molar-refractivity contribution in [3.63, 3.8) is 0 Å². The van der Waals surface area contributed by atoms with Gasteiger partial charge in [-0.05, 0) is 61.2 Å². The fourth-order valence-corrected chi connectivity index (χ4v) is 4.65. The maximum Gasteiger partial charge on any atom is 0.416 e. The number of hydrogen-bond acceptors (Lipinski definition) is 4. The van der Waals surface area contributed by atoms with Crippen LogP contribution in [0.3, 0.4) is 0 Å². The van der Waals surface area contributed by atoms with E-state index in [1.807, 2.05) is 30.3 Å². The van der Waals surface area contributed by atoms with Crippen LogP contribution in [0.4, 0.5) is 13.2 Å². The SMILES string of the molecule is O=C1CN(C(=O)c2cccc(C(F)(F)F)c2)CCCCNC(=O)c2cc(Cl)ccc2OC[C@@H](Cc2ccccc2)N1. The molecule has 0 saturated carbocycles. The lowest BCUT2D eigenvalue weighted by Gasteiger charge is -2.25. The predicted molar refractivity (Wildman–Crippen MR) is 148 cm³/mol. The number of amides is 3. The van der Waals surface area contributed by atoms with Crippen LogP contribution in [-0.2, 0) is 17.4 Å². The molecule has 1 aliphatic rings. The van der Waals surface area contributed by atoms with Crippen molar-refractivity contribution in [2.45, 2.75) is 31.5 Å². The van der Waals surface area contributed by atoms with E-state index in [1.54, 1.807) is 12.1 Å². The van der Waals surface area contributed by atoms with Crippen molar-refractivity contribution < 1.29 is 32.3 Å². The highest BCUT2D eigenvalue weighted by Crippen LogP contribution is 2.30. The molecule has 11 heteroatoms. The average molecular weight is 588 g/mol. The molecule has 0 aromatic heterocycles. The molecule has 3 amide bonds. The van der Waals surface area contributed by atoms with Gasteiger partial charge in [-0.2, -0.15) is 13.2 Å². The highest BCUT2D eigenvalue weighted by Gasteiger charge is 2.31. The zero-order valence-electron chi connectivity index (χ0n) is 22.0. The number of halogens is 4. The van der Waals surface area contributed by atoms with Crippen LogP contribution in [0.2, 0.25) is 5.02 Å². The predicted octanol–water partition coefficient (Wildman–Crippen LogP) is 5.13. The minimum Gasteiger partial charge on any atom is -0.491 e. The molecule has 1 aliphatic heterocycles. The molecule has 0 saturated heterocycles. The summed E-state index contributed by atoms with van der Waals surface area (Å²) in [5.74, 6) is -1.28. The quantitative estimate of drug-likeness (QED) is 0.445. The molecule has 1 heterocycles. The van der Waals surface area contributed by atoms with Gasteiger partial charge in [0, 0.05) is 23.7 Å². The largest absolute Gasteiger partial charge is 0.491 e. The Morgan fingerprint density at radius 2 is 1.78 bits per heavy atom. The van der Waals surface area contributed by atoms with Crippen molar-refractivity contribution in [3.05, 3.63) is 100 Å². The van der Waals surface area contributed by atoms with Crippen molar-refractivity contribution in [1.29, 1.82) is 0 Å². The van der Waals surface area contributed by atoms with Crippen molar-refractivity contribution >= 4 is 29.3 Å². The molecule has 216 valence electrons. The van der Waals surface area contributed by atoms with Gasteiger partial charge in [-0.15, -0.1) is 0 Å². The van der Waals surface area contributed by atoms with Gasteiger partial charge in [0.25, 0.3) is 11.8 Å². The third-order valence-corrected chi connectivity index (χ3v) is 6.75. The van der Waals surface area contributed by atoms with Crippen LogP contribution in [0, 0.1) is 0 Å². The van der Waals surface area contributed by atoms with Gasteiger partial charge in [-0.3, -0.25) is 14.4 Å². The Labute approximate surface area is 240 Å². The molecule has 0 aliphatic carbocycles. The van der Waals surface area contributed by atoms with E-state index in [4.69, 9.17) is 16.3 Å². The smallest absolute Gasteiger partial charge is 0.416 e. The van der Waals surface area contributed by atoms with E-state index in [1.165, 1.54) is 17.0 Å². The fraction of sp³-hybridized carbons (Fsp3) is 0.300. The number of carbonyl (C=O) groups is 3. The van der Waals surface area contributed by atoms with E-state index in [-0.39, 0.29) is 37.4 Å². The zero-order chi connectivity index (χ0) is 29.4. The molecule has 3 aromatic carbocycles. The van der Waals surface area contributed by atoms with Gasteiger partial charge in [-0.1, -0.05) is 48.0 Å². The Kier molecular flexibility index (Phi) is 9.88. The minimum atomic E-state index is -4.62. The number of nitrogens with zero attached hydrogens (tertiary/aromatic N) is 1. The summed E-state index contributed by atoms with van der Waals surface area (Å²) in [6, 6.07) is 17.7. The summed E-state index contributed by atoms with van der Waals surface area (Å²) in [4.78, 5) is 40.6. The first-order valence-corrected chi connectivity index (χ1v) is 13.5. The van der Waals surface area contributed by atoms with E-state index in [2.05, 4.69) is 10.6 Å². The van der Waals surface area contributed by atoms with Crippen LogP contribution in [-0.4, -0.2) is 54.9 Å². The summed E-state index contributed by atoms with van der Waals surface area (Å²) in [6.45, 7) is 0.00286. The molecule has 3 aromatic rings. The normalized spacial score (nSPS) is 17.3. The summed E-state index contributed by atoms with van der Waals surface area (Å²) in [7, 11) is 0. The molecule has 4 rings (SSSR count). The Morgan fingerprint density at radius 1 is 1.00 bits per heavy atom. The van der Waals surface area contributed by atoms with Gasteiger partial charge in [0.2, 0.25) is 5.91 Å². The molecule has 0 bridgehead atoms. The summed E-state index contributed by atoms with van der Waals surface area (Å²) < 4.78 is 45.8. The molecule has 0 fully saturated rings. The minimum absolute atomic E-state index is 0.00409. The third-order valence-electron chi connectivity index (χ3n) is 6.52. The molecular weight excluding hydrogens is 559 g/mol. The Bertz CT molecular complexity index is 1380. The number of fused-ring (bicyclic) bond motifs is 1. The van der Waals surface area contributed by atoms with Crippen LogP contribution < -0.4 is 15.4 Å². The Hall–Kier alpha value is -4.05. The Balaban J connectivity index is 1.59. The lowest BCUT2D eigenvalue weighted by molar-refractivity contribution is -0.137. The number of rotatable bonds is 3. The van der Waals surface area contributed by atoms with E-state index in [0.717, 1.165) is 23.8 Å². The van der Waals surface area contributed by atoms with Crippen LogP contribution in [0.5, 0.6) is 5.75 Å². The van der Waals surface area contributed by atoms with Crippen LogP contribution in [0.15, 0.2) is 72.8 Å². The van der Waals surface area contributed by atoms with Crippen molar-refractivity contribution in [2.75, 3.05) is 26.2 Å². The molecule has 0 radical (unpaired) electrons. The van der Waals surface area contributed by atoms with E-state index < -0.39 is 35.5 Å². The summed E-state index contributed by atoms with van der Waals surface area (Å²) in [6.07, 6.45) is -3.38. The van der Waals surface area contributed by atoms with E-state index in [0.29, 0.717) is 30.0 Å². The second kappa shape index (κ2) is 13.5. The lowest BCUT2D eigenvalue weighted by Crippen LogP contribution is -2.47. The zero-order valence-corrected chi connectivity index (χ0v) is 22.8. The number of ether oxygens (including phenoxy) is 1. The van der Waals surface area contributed by atoms with Crippen molar-refractivity contribution in [2.24, 2.45) is 0 Å². The second-order valence-corrected chi connectivity index (χ2v) is 10.1. The lowest BCUT2D eigenvalue weighted by atomic mass is 10.1. The number of alkyl halides is 3. The fourth-order valence-electron chi connectivity index (χ4n) is 4.48. The topological polar surface area (TPSA) is 87.7 Å². The molecule has 7 nitrogen and oxygen atoms in total. The standard InChI is InChI=1S/C30H29ClF3N3O4/c31-23-11-12-26-25(17-23)28(39)35-13-4-5-14-37(29(40)21-9-6-10-22(16-21)30(32,33)34)18-27(38)36-24(19-41-26)15-20-7-2-1-3-8-20/h1-3,6-12,16-17,24H,4-5,13-15,18-19H2,(H,35,39)(H,36,38)/t24-/m1/s1. The molecule has 0 spiro atoms. The number of nitrogens with one attached hydrogen (secondary N) is 2. The molecule has 1 atom stereocenters. The van der Waals surface area contributed by atoms with Crippen molar-refractivity contribution in [1.82, 2.24) is 15.5 Å². The molecular formula is C30H29ClF3N3O4. The van der Waals surface area contributed by atoms with Gasteiger partial charge in [-0.25, -0.2) is 0 Å². The Morgan fingerprint density at radius 3 is 2.54 bits per heavy atom. The molecule has 2 N–H and O–H groups in total. The highest BCUT2D eigenvalue weighted by atomic mass is 35.5. The van der Waals surface area contributed by atoms with Gasteiger partial charge in [0.05, 0.1) is 23.7 Å². The van der Waals surface area contributed by atoms with Gasteiger partial charge in [0.15, 0.2) is 0 Å². The average Bonchev–Trinajstić information content (AvgIpc) is 2.95. The van der Waals surface area contributed by atoms with Crippen LogP contribution in [0.1, 0.15) is 44.7 Å². The highest BCUT2D eigenvalue weighted by molar-refractivity contribution is 6.31. The van der Waals surface area contributed by atoms with Gasteiger partial charge < -0.3 is 20.3 Å². The maximum absolute atomic E-state index is 13.3. The monoisotopic (exact) mass is 587 g/mol. The first kappa shape index (κ1) is 29.9. The number of carbonyl (C=O) groups excluding carboxylic acids is 3. The summed E-state index contributed by atoms with van der Waals surface area (Å²) in [5.41, 5.74) is 0.0488. The van der Waals surface area contributed by atoms with E-state index in [9.17, 15) is 27.6 Å². The first-order chi connectivity index (χ1) is 19.6. The molecule has 0 unspecified atom stereocenters. The first-order valence-electron chi connectivity index (χ1n) is 13.1. The number of benzene rings is 3. The van der Waals surface area contributed by atoms with Gasteiger partial charge in [0.1, 0.15) is 12.4 Å². The number of hydrogen-bond donors (Lipinski definition) is 2. The summed E-state index contributed by atoms with van der Waals surface area (Å²) in [5, 5.41) is 6.06. The maximum atomic E-state index is 13.3. The third kappa shape index (κ3) is 8.47. The van der Waals surface area contributed by atoms with Crippen LogP contribution >= 0.6 is 11.6 Å². The van der Waals surface area contributed by atoms with Crippen molar-refractivity contribution in [3.8, 4) is 5.75 Å². The molecule has 41 heavy (non-hydrogen) atoms. The van der Waals surface area contributed by atoms with Gasteiger partial charge >= 0.3 is 6.18 Å². The summed E-state index contributed by atoms with van der Waals surface area (Å²) >= 11 is 6.13. The van der Waals surface area contributed by atoms with E-state index >= 15 is 0 Å². The second-order valence-electron chi connectivity index (χ2n) is 9.67.